The molecule has 0 bridgehead atoms. The van der Waals surface area contributed by atoms with Crippen molar-refractivity contribution >= 4 is 57.6 Å². The number of halogens is 2. The Kier molecular flexibility index (Phi) is 7.82. The molecular formula is C27H27Cl2N5O2. The van der Waals surface area contributed by atoms with Gasteiger partial charge in [-0.05, 0) is 80.9 Å². The first-order valence-corrected chi connectivity index (χ1v) is 12.3. The lowest BCUT2D eigenvalue weighted by Gasteiger charge is -2.20. The van der Waals surface area contributed by atoms with E-state index in [2.05, 4.69) is 46.4 Å². The van der Waals surface area contributed by atoms with Gasteiger partial charge in [-0.2, -0.15) is 4.80 Å². The van der Waals surface area contributed by atoms with Gasteiger partial charge in [0.2, 0.25) is 5.91 Å². The van der Waals surface area contributed by atoms with Gasteiger partial charge in [-0.1, -0.05) is 23.2 Å². The summed E-state index contributed by atoms with van der Waals surface area (Å²) in [5, 5.41) is 13.0. The fourth-order valence-corrected chi connectivity index (χ4v) is 4.55. The molecular weight excluding hydrogens is 497 g/mol. The Bertz CT molecular complexity index is 1430. The lowest BCUT2D eigenvalue weighted by molar-refractivity contribution is -0.111. The van der Waals surface area contributed by atoms with Crippen LogP contribution in [-0.2, 0) is 4.79 Å². The van der Waals surface area contributed by atoms with Crippen molar-refractivity contribution in [2.45, 2.75) is 20.8 Å². The van der Waals surface area contributed by atoms with Gasteiger partial charge in [0.15, 0.2) is 0 Å². The van der Waals surface area contributed by atoms with Crippen molar-refractivity contribution in [3.8, 4) is 11.4 Å². The smallest absolute Gasteiger partial charge is 0.248 e. The molecule has 0 saturated heterocycles. The molecule has 36 heavy (non-hydrogen) atoms. The van der Waals surface area contributed by atoms with Crippen LogP contribution in [0.2, 0.25) is 10.0 Å². The third-order valence-electron chi connectivity index (χ3n) is 5.85. The lowest BCUT2D eigenvalue weighted by atomic mass is 10.1. The fraction of sp³-hybridized carbons (Fsp3) is 0.222. The highest BCUT2D eigenvalue weighted by atomic mass is 35.5. The molecule has 0 saturated carbocycles. The summed E-state index contributed by atoms with van der Waals surface area (Å²) in [5.74, 6) is 0.138. The zero-order valence-corrected chi connectivity index (χ0v) is 22.1. The molecule has 0 aliphatic heterocycles. The van der Waals surface area contributed by atoms with Crippen LogP contribution in [0.1, 0.15) is 25.0 Å². The van der Waals surface area contributed by atoms with Gasteiger partial charge in [0, 0.05) is 41.1 Å². The Balaban J connectivity index is 1.54. The molecule has 7 nitrogen and oxygen atoms in total. The number of hydrogen-bond donors (Lipinski definition) is 1. The molecule has 9 heteroatoms. The number of carbonyl (C=O) groups excluding carboxylic acids is 1. The molecule has 186 valence electrons. The number of methoxy groups -OCH3 is 1. The van der Waals surface area contributed by atoms with Crippen LogP contribution in [0.3, 0.4) is 0 Å². The van der Waals surface area contributed by atoms with Gasteiger partial charge in [0.25, 0.3) is 0 Å². The second-order valence-electron chi connectivity index (χ2n) is 8.17. The second-order valence-corrected chi connectivity index (χ2v) is 9.01. The molecule has 4 rings (SSSR count). The Morgan fingerprint density at radius 2 is 1.72 bits per heavy atom. The van der Waals surface area contributed by atoms with Crippen LogP contribution in [0.4, 0.5) is 11.4 Å². The first-order valence-electron chi connectivity index (χ1n) is 11.6. The normalized spacial score (nSPS) is 11.3. The molecule has 1 amide bonds. The molecule has 0 spiro atoms. The van der Waals surface area contributed by atoms with Gasteiger partial charge in [-0.25, -0.2) is 0 Å². The van der Waals surface area contributed by atoms with Crippen molar-refractivity contribution in [2.24, 2.45) is 0 Å². The largest absolute Gasteiger partial charge is 0.495 e. The lowest BCUT2D eigenvalue weighted by Crippen LogP contribution is -2.21. The monoisotopic (exact) mass is 523 g/mol. The third kappa shape index (κ3) is 5.48. The Labute approximate surface area is 220 Å². The number of benzene rings is 3. The van der Waals surface area contributed by atoms with E-state index in [-0.39, 0.29) is 5.91 Å². The van der Waals surface area contributed by atoms with Gasteiger partial charge in [0.1, 0.15) is 16.8 Å². The van der Waals surface area contributed by atoms with Gasteiger partial charge in [-0.15, -0.1) is 10.2 Å². The molecule has 0 aliphatic rings. The van der Waals surface area contributed by atoms with E-state index in [4.69, 9.17) is 27.9 Å². The summed E-state index contributed by atoms with van der Waals surface area (Å²) in [7, 11) is 1.51. The number of aryl methyl sites for hydroxylation is 1. The van der Waals surface area contributed by atoms with Crippen molar-refractivity contribution in [3.05, 3.63) is 75.8 Å². The second kappa shape index (κ2) is 11.0. The molecule has 1 N–H and O–H groups in total. The minimum Gasteiger partial charge on any atom is -0.495 e. The quantitative estimate of drug-likeness (QED) is 0.265. The van der Waals surface area contributed by atoms with Crippen molar-refractivity contribution in [1.82, 2.24) is 15.0 Å². The number of carbonyl (C=O) groups is 1. The fourth-order valence-electron chi connectivity index (χ4n) is 3.96. The number of fused-ring (bicyclic) bond motifs is 1. The Hall–Kier alpha value is -3.55. The van der Waals surface area contributed by atoms with E-state index in [1.807, 2.05) is 31.2 Å². The Morgan fingerprint density at radius 3 is 2.36 bits per heavy atom. The summed E-state index contributed by atoms with van der Waals surface area (Å²) in [6, 6.07) is 15.1. The highest BCUT2D eigenvalue weighted by molar-refractivity contribution is 6.36. The molecule has 0 unspecified atom stereocenters. The highest BCUT2D eigenvalue weighted by Gasteiger charge is 2.12. The van der Waals surface area contributed by atoms with Crippen LogP contribution < -0.4 is 15.0 Å². The van der Waals surface area contributed by atoms with Crippen LogP contribution >= 0.6 is 23.2 Å². The molecule has 1 heterocycles. The average Bonchev–Trinajstić information content (AvgIpc) is 3.26. The zero-order chi connectivity index (χ0) is 25.8. The molecule has 0 atom stereocenters. The van der Waals surface area contributed by atoms with Crippen LogP contribution in [-0.4, -0.2) is 41.1 Å². The predicted molar refractivity (Wildman–Crippen MR) is 148 cm³/mol. The molecule has 0 fully saturated rings. The number of amides is 1. The molecule has 4 aromatic rings. The van der Waals surface area contributed by atoms with E-state index in [0.717, 1.165) is 35.5 Å². The summed E-state index contributed by atoms with van der Waals surface area (Å²) in [6.45, 7) is 8.08. The van der Waals surface area contributed by atoms with Crippen LogP contribution in [0.15, 0.2) is 54.6 Å². The highest BCUT2D eigenvalue weighted by Crippen LogP contribution is 2.33. The number of nitrogens with one attached hydrogen (secondary N) is 1. The maximum atomic E-state index is 12.7. The van der Waals surface area contributed by atoms with E-state index >= 15 is 0 Å². The number of ether oxygens (including phenoxy) is 1. The number of nitrogens with zero attached hydrogens (tertiary/aromatic N) is 4. The maximum Gasteiger partial charge on any atom is 0.248 e. The minimum absolute atomic E-state index is 0.310. The van der Waals surface area contributed by atoms with E-state index in [9.17, 15) is 4.79 Å². The van der Waals surface area contributed by atoms with Crippen molar-refractivity contribution < 1.29 is 9.53 Å². The average molecular weight is 524 g/mol. The minimum atomic E-state index is -0.310. The van der Waals surface area contributed by atoms with Crippen molar-refractivity contribution in [1.29, 1.82) is 0 Å². The topological polar surface area (TPSA) is 72.3 Å². The summed E-state index contributed by atoms with van der Waals surface area (Å²) in [5.41, 5.74) is 5.57. The van der Waals surface area contributed by atoms with Gasteiger partial charge in [0.05, 0.1) is 17.8 Å². The van der Waals surface area contributed by atoms with Crippen molar-refractivity contribution in [2.75, 3.05) is 30.4 Å². The number of anilines is 2. The van der Waals surface area contributed by atoms with E-state index in [1.165, 1.54) is 13.2 Å². The molecule has 0 radical (unpaired) electrons. The maximum absolute atomic E-state index is 12.7. The van der Waals surface area contributed by atoms with E-state index < -0.39 is 0 Å². The number of hydrogen-bond acceptors (Lipinski definition) is 5. The predicted octanol–water partition coefficient (Wildman–Crippen LogP) is 6.54. The number of aromatic nitrogens is 3. The SMILES string of the molecule is CCN(CC)c1ccc(-n2nc3cc(C)c(NC(=O)/C=C/c4cc(Cl)cc(Cl)c4OC)cc3n2)cc1. The van der Waals surface area contributed by atoms with Crippen molar-refractivity contribution in [3.63, 3.8) is 0 Å². The van der Waals surface area contributed by atoms with Gasteiger partial charge >= 0.3 is 0 Å². The molecule has 0 aliphatic carbocycles. The van der Waals surface area contributed by atoms with Crippen LogP contribution in [0.25, 0.3) is 22.8 Å². The summed E-state index contributed by atoms with van der Waals surface area (Å²) < 4.78 is 5.32. The summed E-state index contributed by atoms with van der Waals surface area (Å²) >= 11 is 12.3. The van der Waals surface area contributed by atoms with E-state index in [1.54, 1.807) is 23.0 Å². The van der Waals surface area contributed by atoms with Gasteiger partial charge < -0.3 is 15.0 Å². The first kappa shape index (κ1) is 25.5. The third-order valence-corrected chi connectivity index (χ3v) is 6.35. The molecule has 1 aromatic heterocycles. The van der Waals surface area contributed by atoms with Gasteiger partial charge in [-0.3, -0.25) is 4.79 Å². The Morgan fingerprint density at radius 1 is 1.06 bits per heavy atom. The first-order chi connectivity index (χ1) is 17.3. The summed E-state index contributed by atoms with van der Waals surface area (Å²) in [4.78, 5) is 16.5. The molecule has 3 aromatic carbocycles. The van der Waals surface area contributed by atoms with Crippen LogP contribution in [0.5, 0.6) is 5.75 Å². The van der Waals surface area contributed by atoms with E-state index in [0.29, 0.717) is 32.6 Å². The van der Waals surface area contributed by atoms with Crippen LogP contribution in [0, 0.1) is 6.92 Å². The summed E-state index contributed by atoms with van der Waals surface area (Å²) in [6.07, 6.45) is 3.01. The standard InChI is InChI=1S/C27H27Cl2N5O2/c1-5-33(6-2)20-8-10-21(11-9-20)34-31-24-13-17(3)23(16-25(24)32-34)30-26(35)12-7-18-14-19(28)15-22(29)27(18)36-4/h7-16H,5-6H2,1-4H3,(H,30,35)/b12-7+. The number of rotatable bonds is 8. The zero-order valence-electron chi connectivity index (χ0n) is 20.5.